The monoisotopic (exact) mass is 646 g/mol. The number of methoxy groups -OCH3 is 2. The third-order valence-electron chi connectivity index (χ3n) is 7.39. The molecule has 0 aromatic carbocycles. The van der Waals surface area contributed by atoms with Gasteiger partial charge in [0.1, 0.15) is 29.1 Å². The Hall–Kier alpha value is -2.93. The van der Waals surface area contributed by atoms with Crippen LogP contribution < -0.4 is 10.6 Å². The van der Waals surface area contributed by atoms with Gasteiger partial charge >= 0.3 is 24.1 Å². The van der Waals surface area contributed by atoms with Crippen LogP contribution >= 0.6 is 0 Å². The molecule has 45 heavy (non-hydrogen) atoms. The van der Waals surface area contributed by atoms with E-state index in [1.54, 1.807) is 41.5 Å². The number of rotatable bonds is 6. The predicted octanol–water partition coefficient (Wildman–Crippen LogP) is 5.07. The maximum atomic E-state index is 12.1. The van der Waals surface area contributed by atoms with E-state index in [1.807, 2.05) is 0 Å². The van der Waals surface area contributed by atoms with Crippen LogP contribution in [0.4, 0.5) is 9.59 Å². The van der Waals surface area contributed by atoms with Crippen LogP contribution in [0, 0.1) is 11.8 Å². The molecule has 2 aliphatic carbocycles. The lowest BCUT2D eigenvalue weighted by atomic mass is 9.80. The Balaban J connectivity index is 0.000000832. The van der Waals surface area contributed by atoms with E-state index >= 15 is 0 Å². The summed E-state index contributed by atoms with van der Waals surface area (Å²) in [4.78, 5) is 58.9. The summed E-state index contributed by atoms with van der Waals surface area (Å²) in [6, 6.07) is -1.48. The zero-order valence-electron chi connectivity index (χ0n) is 26.9. The molecule has 262 valence electrons. The summed E-state index contributed by atoms with van der Waals surface area (Å²) in [6.45, 7) is 11.8. The number of amides is 2. The number of hydrogen-bond donors (Lipinski definition) is 2. The van der Waals surface area contributed by atoms with E-state index in [9.17, 15) is 24.0 Å². The molecule has 0 bridgehead atoms. The normalized spacial score (nSPS) is 19.7. The van der Waals surface area contributed by atoms with Crippen molar-refractivity contribution in [3.63, 3.8) is 0 Å². The average Bonchev–Trinajstić information content (AvgIpc) is 3.37. The van der Waals surface area contributed by atoms with Crippen molar-refractivity contribution >= 4 is 29.9 Å². The molecule has 0 aromatic heterocycles. The van der Waals surface area contributed by atoms with Gasteiger partial charge in [-0.05, 0) is 79.1 Å². The van der Waals surface area contributed by atoms with E-state index in [2.05, 4.69) is 10.6 Å². The van der Waals surface area contributed by atoms with Crippen molar-refractivity contribution in [1.29, 1.82) is 0 Å². The SMILES string of the molecule is C.C.COC(=O)C(NC(=O)OC(C)(C)C)C1CCC(=O)CC1.COC(=O)C(NC(=O)OC(C)(C)C)C1CCC2(CC1)OCCO2. The fourth-order valence-electron chi connectivity index (χ4n) is 5.36. The lowest BCUT2D eigenvalue weighted by Gasteiger charge is -2.37. The summed E-state index contributed by atoms with van der Waals surface area (Å²) in [6.07, 6.45) is 3.63. The molecule has 0 aromatic rings. The smallest absolute Gasteiger partial charge is 0.408 e. The molecule has 3 rings (SSSR count). The van der Waals surface area contributed by atoms with Crippen molar-refractivity contribution in [3.05, 3.63) is 0 Å². The van der Waals surface area contributed by atoms with Gasteiger partial charge in [0.15, 0.2) is 5.79 Å². The lowest BCUT2D eigenvalue weighted by Crippen LogP contribution is -2.50. The first kappa shape index (κ1) is 42.1. The Morgan fingerprint density at radius 1 is 0.711 bits per heavy atom. The van der Waals surface area contributed by atoms with Crippen LogP contribution in [-0.2, 0) is 42.8 Å². The van der Waals surface area contributed by atoms with Gasteiger partial charge in [0.05, 0.1) is 27.4 Å². The number of carbonyl (C=O) groups excluding carboxylic acids is 5. The van der Waals surface area contributed by atoms with Gasteiger partial charge in [0, 0.05) is 25.7 Å². The third-order valence-corrected chi connectivity index (χ3v) is 7.39. The minimum Gasteiger partial charge on any atom is -0.467 e. The molecular formula is C32H58N2O11. The average molecular weight is 647 g/mol. The molecular weight excluding hydrogens is 588 g/mol. The quantitative estimate of drug-likeness (QED) is 0.292. The van der Waals surface area contributed by atoms with Gasteiger partial charge in [-0.3, -0.25) is 4.79 Å². The number of esters is 2. The Kier molecular flexibility index (Phi) is 17.1. The van der Waals surface area contributed by atoms with Gasteiger partial charge in [-0.15, -0.1) is 0 Å². The first-order valence-corrected chi connectivity index (χ1v) is 14.9. The highest BCUT2D eigenvalue weighted by atomic mass is 16.7. The van der Waals surface area contributed by atoms with Gasteiger partial charge in [-0.25, -0.2) is 19.2 Å². The number of carbonyl (C=O) groups is 5. The number of alkyl carbamates (subject to hydrolysis) is 2. The molecule has 1 saturated heterocycles. The molecule has 3 fully saturated rings. The lowest BCUT2D eigenvalue weighted by molar-refractivity contribution is -0.185. The van der Waals surface area contributed by atoms with Crippen molar-refractivity contribution < 1.29 is 52.4 Å². The number of ether oxygens (including phenoxy) is 6. The number of Topliss-reactive ketones (excluding diaryl/α,β-unsaturated/α-hetero) is 1. The number of nitrogens with one attached hydrogen (secondary N) is 2. The zero-order valence-corrected chi connectivity index (χ0v) is 26.9. The van der Waals surface area contributed by atoms with E-state index in [0.29, 0.717) is 51.7 Å². The van der Waals surface area contributed by atoms with Crippen molar-refractivity contribution in [2.24, 2.45) is 11.8 Å². The molecule has 3 aliphatic rings. The summed E-state index contributed by atoms with van der Waals surface area (Å²) in [5.74, 6) is -1.37. The molecule has 2 unspecified atom stereocenters. The molecule has 2 saturated carbocycles. The summed E-state index contributed by atoms with van der Waals surface area (Å²) in [5.41, 5.74) is -1.25. The second kappa shape index (κ2) is 18.3. The Bertz CT molecular complexity index is 961. The molecule has 13 heteroatoms. The highest BCUT2D eigenvalue weighted by molar-refractivity contribution is 5.83. The summed E-state index contributed by atoms with van der Waals surface area (Å²) in [7, 11) is 2.60. The second-order valence-electron chi connectivity index (χ2n) is 13.1. The molecule has 1 heterocycles. The molecule has 0 radical (unpaired) electrons. The highest BCUT2D eigenvalue weighted by Gasteiger charge is 2.44. The Morgan fingerprint density at radius 3 is 1.40 bits per heavy atom. The van der Waals surface area contributed by atoms with Gasteiger partial charge in [-0.2, -0.15) is 0 Å². The van der Waals surface area contributed by atoms with Crippen LogP contribution in [0.25, 0.3) is 0 Å². The van der Waals surface area contributed by atoms with Crippen molar-refractivity contribution in [2.75, 3.05) is 27.4 Å². The van der Waals surface area contributed by atoms with Crippen LogP contribution in [0.15, 0.2) is 0 Å². The molecule has 2 atom stereocenters. The Labute approximate surface area is 269 Å². The third kappa shape index (κ3) is 14.4. The van der Waals surface area contributed by atoms with Gasteiger partial charge in [0.2, 0.25) is 0 Å². The fraction of sp³-hybridized carbons (Fsp3) is 0.844. The van der Waals surface area contributed by atoms with E-state index in [4.69, 9.17) is 28.4 Å². The summed E-state index contributed by atoms with van der Waals surface area (Å²) < 4.78 is 31.3. The van der Waals surface area contributed by atoms with Crippen LogP contribution in [0.3, 0.4) is 0 Å². The number of ketones is 1. The fourth-order valence-corrected chi connectivity index (χ4v) is 5.36. The first-order valence-electron chi connectivity index (χ1n) is 14.9. The second-order valence-corrected chi connectivity index (χ2v) is 13.1. The van der Waals surface area contributed by atoms with Crippen molar-refractivity contribution in [2.45, 2.75) is 137 Å². The van der Waals surface area contributed by atoms with E-state index < -0.39 is 53.2 Å². The van der Waals surface area contributed by atoms with E-state index in [0.717, 1.165) is 12.8 Å². The van der Waals surface area contributed by atoms with Crippen molar-refractivity contribution in [1.82, 2.24) is 10.6 Å². The minimum absolute atomic E-state index is 0. The first-order chi connectivity index (χ1) is 20.0. The van der Waals surface area contributed by atoms with Crippen LogP contribution in [-0.4, -0.2) is 86.4 Å². The maximum absolute atomic E-state index is 12.1. The highest BCUT2D eigenvalue weighted by Crippen LogP contribution is 2.39. The Morgan fingerprint density at radius 2 is 1.07 bits per heavy atom. The van der Waals surface area contributed by atoms with Gasteiger partial charge in [-0.1, -0.05) is 14.9 Å². The molecule has 13 nitrogen and oxygen atoms in total. The summed E-state index contributed by atoms with van der Waals surface area (Å²) >= 11 is 0. The van der Waals surface area contributed by atoms with Crippen LogP contribution in [0.1, 0.15) is 108 Å². The standard InChI is InChI=1S/C16H27NO6.C14H23NO5.2CH4/c1-15(2,3)23-14(19)17-12(13(18)20-4)11-5-7-16(8-6-11)21-9-10-22-16;1-14(2,3)20-13(18)15-11(12(17)19-4)9-5-7-10(16)8-6-9;;/h11-12H,5-10H2,1-4H3,(H,17,19);9,11H,5-8H2,1-4H3,(H,15,18);2*1H4. The molecule has 1 spiro atoms. The van der Waals surface area contributed by atoms with E-state index in [-0.39, 0.29) is 32.5 Å². The van der Waals surface area contributed by atoms with Crippen LogP contribution in [0.2, 0.25) is 0 Å². The van der Waals surface area contributed by atoms with Crippen molar-refractivity contribution in [3.8, 4) is 0 Å². The van der Waals surface area contributed by atoms with E-state index in [1.165, 1.54) is 14.2 Å². The summed E-state index contributed by atoms with van der Waals surface area (Å²) in [5, 5.41) is 5.22. The van der Waals surface area contributed by atoms with Gasteiger partial charge < -0.3 is 39.1 Å². The largest absolute Gasteiger partial charge is 0.467 e. The molecule has 2 amide bonds. The predicted molar refractivity (Wildman–Crippen MR) is 167 cm³/mol. The zero-order chi connectivity index (χ0) is 32.4. The molecule has 1 aliphatic heterocycles. The minimum atomic E-state index is -0.761. The molecule has 2 N–H and O–H groups in total. The maximum Gasteiger partial charge on any atom is 0.408 e. The topological polar surface area (TPSA) is 165 Å². The number of hydrogen-bond acceptors (Lipinski definition) is 11. The van der Waals surface area contributed by atoms with Crippen LogP contribution in [0.5, 0.6) is 0 Å². The van der Waals surface area contributed by atoms with Gasteiger partial charge in [0.25, 0.3) is 0 Å².